The van der Waals surface area contributed by atoms with Gasteiger partial charge in [0, 0.05) is 24.9 Å². The van der Waals surface area contributed by atoms with Crippen LogP contribution in [0.1, 0.15) is 0 Å². The average Bonchev–Trinajstić information content (AvgIpc) is 2.20. The highest BCUT2D eigenvalue weighted by atomic mass is 35.5. The Balaban J connectivity index is 0.000000791. The molecule has 0 atom stereocenters. The van der Waals surface area contributed by atoms with E-state index in [9.17, 15) is 0 Å². The number of anilines is 1. The smallest absolute Gasteiger partial charge is 0.160 e. The molecule has 0 spiro atoms. The summed E-state index contributed by atoms with van der Waals surface area (Å²) in [5.41, 5.74) is 0.991. The van der Waals surface area contributed by atoms with Crippen molar-refractivity contribution < 1.29 is 4.74 Å². The molecule has 1 aromatic rings. The zero-order valence-corrected chi connectivity index (χ0v) is 9.12. The van der Waals surface area contributed by atoms with Gasteiger partial charge in [-0.3, -0.25) is 0 Å². The van der Waals surface area contributed by atoms with Gasteiger partial charge >= 0.3 is 0 Å². The van der Waals surface area contributed by atoms with E-state index in [-0.39, 0.29) is 0 Å². The molecule has 0 saturated heterocycles. The number of halogens is 1. The highest BCUT2D eigenvalue weighted by Crippen LogP contribution is 2.33. The molecule has 0 aromatic heterocycles. The minimum atomic E-state index is 0.642. The maximum Gasteiger partial charge on any atom is 0.160 e. The summed E-state index contributed by atoms with van der Waals surface area (Å²) in [6.45, 7) is 0. The van der Waals surface area contributed by atoms with E-state index in [1.54, 1.807) is 7.11 Å². The third-order valence-electron chi connectivity index (χ3n) is 1.63. The molecule has 0 amide bonds. The predicted molar refractivity (Wildman–Crippen MR) is 55.8 cm³/mol. The van der Waals surface area contributed by atoms with E-state index >= 15 is 0 Å². The van der Waals surface area contributed by atoms with E-state index in [0.29, 0.717) is 5.02 Å². The lowest BCUT2D eigenvalue weighted by Gasteiger charge is -2.16. The summed E-state index contributed by atoms with van der Waals surface area (Å²) in [6.07, 6.45) is 0. The van der Waals surface area contributed by atoms with E-state index in [1.165, 1.54) is 0 Å². The van der Waals surface area contributed by atoms with Crippen LogP contribution in [-0.4, -0.2) is 21.2 Å². The first-order chi connectivity index (χ1) is 6.66. The number of hydrogen-bond donors (Lipinski definition) is 0. The summed E-state index contributed by atoms with van der Waals surface area (Å²) in [7, 11) is 5.52. The average molecular weight is 214 g/mol. The van der Waals surface area contributed by atoms with Crippen LogP contribution in [0.15, 0.2) is 18.2 Å². The molecular formula is C9H12ClN3O. The number of methoxy groups -OCH3 is 1. The predicted octanol–water partition coefficient (Wildman–Crippen LogP) is 2.44. The van der Waals surface area contributed by atoms with Crippen molar-refractivity contribution in [1.82, 2.24) is 0 Å². The second kappa shape index (κ2) is 6.06. The van der Waals surface area contributed by atoms with Crippen molar-refractivity contribution in [1.29, 1.82) is 10.8 Å². The first kappa shape index (κ1) is 12.5. The maximum absolute atomic E-state index is 6.00. The van der Waals surface area contributed by atoms with Gasteiger partial charge in [0.1, 0.15) is 0 Å². The quantitative estimate of drug-likeness (QED) is 0.708. The molecule has 0 aliphatic heterocycles. The van der Waals surface area contributed by atoms with Crippen LogP contribution in [0.5, 0.6) is 5.75 Å². The fourth-order valence-electron chi connectivity index (χ4n) is 1.05. The first-order valence-electron chi connectivity index (χ1n) is 3.86. The number of para-hydroxylation sites is 1. The monoisotopic (exact) mass is 213 g/mol. The number of benzene rings is 1. The molecule has 5 heteroatoms. The van der Waals surface area contributed by atoms with Gasteiger partial charge in [-0.15, -0.1) is 0 Å². The van der Waals surface area contributed by atoms with E-state index < -0.39 is 0 Å². The lowest BCUT2D eigenvalue weighted by molar-refractivity contribution is 0.415. The third-order valence-corrected chi connectivity index (χ3v) is 1.93. The van der Waals surface area contributed by atoms with Gasteiger partial charge in [0.2, 0.25) is 0 Å². The van der Waals surface area contributed by atoms with Gasteiger partial charge in [0.25, 0.3) is 0 Å². The molecule has 76 valence electrons. The van der Waals surface area contributed by atoms with Crippen LogP contribution in [0, 0.1) is 10.8 Å². The molecule has 0 aliphatic carbocycles. The number of rotatable bonds is 2. The second-order valence-electron chi connectivity index (χ2n) is 2.69. The summed E-state index contributed by atoms with van der Waals surface area (Å²) in [6, 6.07) is 5.68. The van der Waals surface area contributed by atoms with Crippen LogP contribution < -0.4 is 9.64 Å². The Hall–Kier alpha value is -1.47. The van der Waals surface area contributed by atoms with Gasteiger partial charge in [0.15, 0.2) is 5.75 Å². The molecule has 1 rings (SSSR count). The molecule has 4 nitrogen and oxygen atoms in total. The Labute approximate surface area is 88.5 Å². The summed E-state index contributed by atoms with van der Waals surface area (Å²) in [5, 5.41) is 12.6. The first-order valence-corrected chi connectivity index (χ1v) is 4.24. The maximum atomic E-state index is 6.00. The third kappa shape index (κ3) is 2.79. The Morgan fingerprint density at radius 1 is 1.29 bits per heavy atom. The topological polar surface area (TPSA) is 60.0 Å². The highest BCUT2D eigenvalue weighted by Gasteiger charge is 2.07. The van der Waals surface area contributed by atoms with Crippen molar-refractivity contribution in [3.63, 3.8) is 0 Å². The number of nitrogens with zero attached hydrogens (tertiary/aromatic N) is 3. The normalized spacial score (nSPS) is 8.43. The van der Waals surface area contributed by atoms with Crippen molar-refractivity contribution in [2.75, 3.05) is 26.1 Å². The van der Waals surface area contributed by atoms with Crippen molar-refractivity contribution in [3.05, 3.63) is 23.2 Å². The summed E-state index contributed by atoms with van der Waals surface area (Å²) in [4.78, 5) is 1.96. The molecule has 0 saturated carbocycles. The van der Waals surface area contributed by atoms with Crippen LogP contribution in [0.2, 0.25) is 5.02 Å². The molecule has 0 N–H and O–H groups in total. The fraction of sp³-hybridized carbons (Fsp3) is 0.333. The molecule has 0 heterocycles. The van der Waals surface area contributed by atoms with Crippen LogP contribution in [0.3, 0.4) is 0 Å². The van der Waals surface area contributed by atoms with Crippen LogP contribution in [0.4, 0.5) is 5.69 Å². The molecule has 0 aliphatic rings. The molecule has 14 heavy (non-hydrogen) atoms. The van der Waals surface area contributed by atoms with Gasteiger partial charge in [-0.2, -0.15) is 0 Å². The number of ether oxygens (including phenoxy) is 1. The van der Waals surface area contributed by atoms with E-state index in [0.717, 1.165) is 11.4 Å². The Kier molecular flexibility index (Phi) is 5.42. The molecule has 0 radical (unpaired) electrons. The Morgan fingerprint density at radius 3 is 2.21 bits per heavy atom. The zero-order valence-electron chi connectivity index (χ0n) is 8.36. The Morgan fingerprint density at radius 2 is 1.86 bits per heavy atom. The van der Waals surface area contributed by atoms with E-state index in [1.807, 2.05) is 37.2 Å². The van der Waals surface area contributed by atoms with Gasteiger partial charge < -0.3 is 9.64 Å². The molecule has 0 fully saturated rings. The summed E-state index contributed by atoms with van der Waals surface area (Å²) in [5.74, 6) is 0.726. The molecule has 0 bridgehead atoms. The standard InChI is InChI=1S/C9H12ClNO.N2/c1-11(2)8-6-4-5-7(10)9(8)12-3;1-2/h4-6H,1-3H3;. The van der Waals surface area contributed by atoms with Crippen LogP contribution >= 0.6 is 11.6 Å². The largest absolute Gasteiger partial charge is 0.493 e. The Bertz CT molecular complexity index is 312. The van der Waals surface area contributed by atoms with Gasteiger partial charge in [0.05, 0.1) is 17.8 Å². The van der Waals surface area contributed by atoms with Gasteiger partial charge in [-0.1, -0.05) is 17.7 Å². The van der Waals surface area contributed by atoms with Crippen molar-refractivity contribution in [2.45, 2.75) is 0 Å². The minimum absolute atomic E-state index is 0.642. The van der Waals surface area contributed by atoms with Crippen molar-refractivity contribution in [3.8, 4) is 5.75 Å². The number of hydrogen-bond acceptors (Lipinski definition) is 4. The minimum Gasteiger partial charge on any atom is -0.493 e. The molecular weight excluding hydrogens is 202 g/mol. The van der Waals surface area contributed by atoms with E-state index in [4.69, 9.17) is 27.1 Å². The molecule has 1 aromatic carbocycles. The van der Waals surface area contributed by atoms with Crippen LogP contribution in [0.25, 0.3) is 0 Å². The highest BCUT2D eigenvalue weighted by molar-refractivity contribution is 6.32. The lowest BCUT2D eigenvalue weighted by atomic mass is 10.3. The van der Waals surface area contributed by atoms with Crippen LogP contribution in [-0.2, 0) is 0 Å². The fourth-order valence-corrected chi connectivity index (χ4v) is 1.30. The van der Waals surface area contributed by atoms with Crippen molar-refractivity contribution >= 4 is 17.3 Å². The SMILES string of the molecule is COc1c(Cl)cccc1N(C)C.N#N. The van der Waals surface area contributed by atoms with E-state index in [2.05, 4.69) is 0 Å². The van der Waals surface area contributed by atoms with Crippen molar-refractivity contribution in [2.24, 2.45) is 0 Å². The summed E-state index contributed by atoms with van der Waals surface area (Å²) < 4.78 is 5.16. The zero-order chi connectivity index (χ0) is 11.1. The van der Waals surface area contributed by atoms with Gasteiger partial charge in [-0.05, 0) is 12.1 Å². The lowest BCUT2D eigenvalue weighted by Crippen LogP contribution is -2.09. The summed E-state index contributed by atoms with van der Waals surface area (Å²) >= 11 is 5.92. The van der Waals surface area contributed by atoms with Gasteiger partial charge in [-0.25, -0.2) is 0 Å². The molecule has 0 unspecified atom stereocenters. The second-order valence-corrected chi connectivity index (χ2v) is 3.09.